The molecule has 1 unspecified atom stereocenters. The van der Waals surface area contributed by atoms with Crippen molar-refractivity contribution in [2.24, 2.45) is 0 Å². The van der Waals surface area contributed by atoms with Gasteiger partial charge in [0.05, 0.1) is 6.10 Å². The fourth-order valence-electron chi connectivity index (χ4n) is 1.49. The summed E-state index contributed by atoms with van der Waals surface area (Å²) in [6.07, 6.45) is 2.78. The van der Waals surface area contributed by atoms with Gasteiger partial charge < -0.3 is 10.2 Å². The molecule has 2 N–H and O–H groups in total. The summed E-state index contributed by atoms with van der Waals surface area (Å²) in [5, 5.41) is 22.4. The molecular formula is C10H19N3O2. The minimum absolute atomic E-state index is 0.119. The van der Waals surface area contributed by atoms with Gasteiger partial charge in [-0.1, -0.05) is 0 Å². The van der Waals surface area contributed by atoms with Gasteiger partial charge in [-0.2, -0.15) is 5.10 Å². The molecule has 0 aromatic carbocycles. The van der Waals surface area contributed by atoms with Crippen LogP contribution in [0.4, 0.5) is 0 Å². The maximum absolute atomic E-state index is 9.67. The third kappa shape index (κ3) is 3.60. The van der Waals surface area contributed by atoms with Crippen LogP contribution in [0.15, 0.2) is 6.33 Å². The summed E-state index contributed by atoms with van der Waals surface area (Å²) in [5.74, 6) is 0.801. The molecule has 0 amide bonds. The molecule has 5 nitrogen and oxygen atoms in total. The van der Waals surface area contributed by atoms with Crippen LogP contribution < -0.4 is 0 Å². The second-order valence-electron chi connectivity index (χ2n) is 3.94. The smallest absolute Gasteiger partial charge is 0.138 e. The van der Waals surface area contributed by atoms with Crippen molar-refractivity contribution >= 4 is 0 Å². The average molecular weight is 213 g/mol. The van der Waals surface area contributed by atoms with Crippen LogP contribution in [-0.4, -0.2) is 37.7 Å². The standard InChI is InChI=1S/C10H19N3O2/c1-8(2)13-10(11-7-12-13)6-9(15)4-3-5-14/h7-9,14-15H,3-6H2,1-2H3. The number of aliphatic hydroxyl groups is 2. The Bertz CT molecular complexity index is 286. The topological polar surface area (TPSA) is 71.2 Å². The summed E-state index contributed by atoms with van der Waals surface area (Å²) in [6.45, 7) is 4.17. The highest BCUT2D eigenvalue weighted by Crippen LogP contribution is 2.09. The molecular weight excluding hydrogens is 194 g/mol. The van der Waals surface area contributed by atoms with Crippen LogP contribution in [0.25, 0.3) is 0 Å². The van der Waals surface area contributed by atoms with Crippen LogP contribution in [0.2, 0.25) is 0 Å². The molecule has 1 atom stereocenters. The predicted octanol–water partition coefficient (Wildman–Crippen LogP) is 0.535. The Morgan fingerprint density at radius 2 is 2.20 bits per heavy atom. The quantitative estimate of drug-likeness (QED) is 0.723. The van der Waals surface area contributed by atoms with Gasteiger partial charge in [-0.3, -0.25) is 0 Å². The number of aliphatic hydroxyl groups excluding tert-OH is 2. The number of hydrogen-bond donors (Lipinski definition) is 2. The molecule has 1 aromatic rings. The lowest BCUT2D eigenvalue weighted by Gasteiger charge is -2.12. The third-order valence-corrected chi connectivity index (χ3v) is 2.25. The van der Waals surface area contributed by atoms with Crippen LogP contribution >= 0.6 is 0 Å². The minimum Gasteiger partial charge on any atom is -0.396 e. The molecule has 0 bridgehead atoms. The molecule has 86 valence electrons. The fraction of sp³-hybridized carbons (Fsp3) is 0.800. The Kier molecular flexibility index (Phi) is 4.71. The molecule has 0 saturated heterocycles. The van der Waals surface area contributed by atoms with Crippen molar-refractivity contribution in [3.8, 4) is 0 Å². The fourth-order valence-corrected chi connectivity index (χ4v) is 1.49. The molecule has 0 spiro atoms. The Balaban J connectivity index is 2.52. The summed E-state index contributed by atoms with van der Waals surface area (Å²) < 4.78 is 1.81. The van der Waals surface area contributed by atoms with Crippen molar-refractivity contribution in [2.45, 2.75) is 45.3 Å². The van der Waals surface area contributed by atoms with Crippen LogP contribution in [0.3, 0.4) is 0 Å². The van der Waals surface area contributed by atoms with E-state index in [1.807, 2.05) is 18.5 Å². The van der Waals surface area contributed by atoms with E-state index < -0.39 is 6.10 Å². The highest BCUT2D eigenvalue weighted by molar-refractivity contribution is 4.89. The predicted molar refractivity (Wildman–Crippen MR) is 56.4 cm³/mol. The van der Waals surface area contributed by atoms with Crippen molar-refractivity contribution in [1.29, 1.82) is 0 Å². The zero-order chi connectivity index (χ0) is 11.3. The van der Waals surface area contributed by atoms with Gasteiger partial charge in [0, 0.05) is 19.1 Å². The van der Waals surface area contributed by atoms with E-state index in [0.29, 0.717) is 19.3 Å². The van der Waals surface area contributed by atoms with E-state index >= 15 is 0 Å². The second kappa shape index (κ2) is 5.82. The van der Waals surface area contributed by atoms with Gasteiger partial charge in [-0.25, -0.2) is 9.67 Å². The molecule has 0 aliphatic carbocycles. The monoisotopic (exact) mass is 213 g/mol. The summed E-state index contributed by atoms with van der Waals surface area (Å²) in [5.41, 5.74) is 0. The molecule has 15 heavy (non-hydrogen) atoms. The first-order valence-electron chi connectivity index (χ1n) is 5.32. The Morgan fingerprint density at radius 1 is 1.47 bits per heavy atom. The van der Waals surface area contributed by atoms with Gasteiger partial charge in [0.2, 0.25) is 0 Å². The molecule has 0 radical (unpaired) electrons. The van der Waals surface area contributed by atoms with E-state index in [2.05, 4.69) is 10.1 Å². The summed E-state index contributed by atoms with van der Waals surface area (Å²) >= 11 is 0. The van der Waals surface area contributed by atoms with Crippen molar-refractivity contribution in [1.82, 2.24) is 14.8 Å². The maximum Gasteiger partial charge on any atom is 0.138 e. The van der Waals surface area contributed by atoms with Gasteiger partial charge in [0.1, 0.15) is 12.2 Å². The summed E-state index contributed by atoms with van der Waals surface area (Å²) in [6, 6.07) is 0.257. The van der Waals surface area contributed by atoms with E-state index in [1.165, 1.54) is 6.33 Å². The normalized spacial score (nSPS) is 13.4. The average Bonchev–Trinajstić information content (AvgIpc) is 2.62. The highest BCUT2D eigenvalue weighted by atomic mass is 16.3. The maximum atomic E-state index is 9.67. The van der Waals surface area contributed by atoms with E-state index in [-0.39, 0.29) is 12.6 Å². The van der Waals surface area contributed by atoms with E-state index in [9.17, 15) is 5.11 Å². The second-order valence-corrected chi connectivity index (χ2v) is 3.94. The van der Waals surface area contributed by atoms with Crippen LogP contribution in [0, 0.1) is 0 Å². The zero-order valence-corrected chi connectivity index (χ0v) is 9.30. The third-order valence-electron chi connectivity index (χ3n) is 2.25. The van der Waals surface area contributed by atoms with Crippen LogP contribution in [-0.2, 0) is 6.42 Å². The van der Waals surface area contributed by atoms with Crippen LogP contribution in [0.5, 0.6) is 0 Å². The van der Waals surface area contributed by atoms with Crippen molar-refractivity contribution < 1.29 is 10.2 Å². The molecule has 5 heteroatoms. The van der Waals surface area contributed by atoms with Gasteiger partial charge in [0.15, 0.2) is 0 Å². The van der Waals surface area contributed by atoms with Crippen molar-refractivity contribution in [3.63, 3.8) is 0 Å². The first kappa shape index (κ1) is 12.1. The Morgan fingerprint density at radius 3 is 2.80 bits per heavy atom. The summed E-state index contributed by atoms with van der Waals surface area (Å²) in [4.78, 5) is 4.11. The zero-order valence-electron chi connectivity index (χ0n) is 9.30. The largest absolute Gasteiger partial charge is 0.396 e. The van der Waals surface area contributed by atoms with E-state index in [1.54, 1.807) is 0 Å². The van der Waals surface area contributed by atoms with E-state index in [0.717, 1.165) is 5.82 Å². The SMILES string of the molecule is CC(C)n1ncnc1CC(O)CCCO. The Labute approximate surface area is 89.8 Å². The van der Waals surface area contributed by atoms with Crippen molar-refractivity contribution in [2.75, 3.05) is 6.61 Å². The van der Waals surface area contributed by atoms with Crippen molar-refractivity contribution in [3.05, 3.63) is 12.2 Å². The number of hydrogen-bond acceptors (Lipinski definition) is 4. The molecule has 0 aliphatic rings. The molecule has 1 rings (SSSR count). The lowest BCUT2D eigenvalue weighted by Crippen LogP contribution is -2.17. The number of aromatic nitrogens is 3. The molecule has 0 saturated carbocycles. The lowest BCUT2D eigenvalue weighted by atomic mass is 10.1. The first-order chi connectivity index (χ1) is 7.15. The van der Waals surface area contributed by atoms with E-state index in [4.69, 9.17) is 5.11 Å². The molecule has 1 aromatic heterocycles. The molecule has 0 fully saturated rings. The number of nitrogens with zero attached hydrogens (tertiary/aromatic N) is 3. The van der Waals surface area contributed by atoms with Gasteiger partial charge in [0.25, 0.3) is 0 Å². The molecule has 0 aliphatic heterocycles. The Hall–Kier alpha value is -0.940. The lowest BCUT2D eigenvalue weighted by molar-refractivity contribution is 0.146. The van der Waals surface area contributed by atoms with Gasteiger partial charge in [-0.05, 0) is 26.7 Å². The highest BCUT2D eigenvalue weighted by Gasteiger charge is 2.12. The molecule has 1 heterocycles. The van der Waals surface area contributed by atoms with Gasteiger partial charge in [-0.15, -0.1) is 0 Å². The number of rotatable bonds is 6. The first-order valence-corrected chi connectivity index (χ1v) is 5.32. The summed E-state index contributed by atoms with van der Waals surface area (Å²) in [7, 11) is 0. The van der Waals surface area contributed by atoms with Crippen LogP contribution in [0.1, 0.15) is 38.6 Å². The van der Waals surface area contributed by atoms with Gasteiger partial charge >= 0.3 is 0 Å². The minimum atomic E-state index is -0.446.